The summed E-state index contributed by atoms with van der Waals surface area (Å²) < 4.78 is 5.29. The van der Waals surface area contributed by atoms with Crippen LogP contribution in [0.5, 0.6) is 0 Å². The maximum atomic E-state index is 12.4. The highest BCUT2D eigenvalue weighted by Gasteiger charge is 2.21. The molecule has 0 aliphatic carbocycles. The molecule has 0 bridgehead atoms. The summed E-state index contributed by atoms with van der Waals surface area (Å²) in [6.45, 7) is 1.53. The SMILES string of the molecule is C[C@H](OC(=O)c1cc2ccccc2[nH]1)C(=O)Nc1nc(-c2ccccc2)cs1. The van der Waals surface area contributed by atoms with Crippen LogP contribution in [0.4, 0.5) is 5.13 Å². The number of fused-ring (bicyclic) bond motifs is 1. The zero-order valence-corrected chi connectivity index (χ0v) is 15.8. The third kappa shape index (κ3) is 3.79. The van der Waals surface area contributed by atoms with Crippen molar-refractivity contribution in [3.05, 3.63) is 71.7 Å². The van der Waals surface area contributed by atoms with Gasteiger partial charge in [-0.25, -0.2) is 9.78 Å². The largest absolute Gasteiger partial charge is 0.448 e. The molecule has 1 atom stereocenters. The number of aromatic amines is 1. The van der Waals surface area contributed by atoms with Crippen LogP contribution >= 0.6 is 11.3 Å². The number of nitrogens with one attached hydrogen (secondary N) is 2. The first-order valence-corrected chi connectivity index (χ1v) is 9.58. The molecule has 2 N–H and O–H groups in total. The number of para-hydroxylation sites is 1. The van der Waals surface area contributed by atoms with Crippen molar-refractivity contribution in [3.63, 3.8) is 0 Å². The van der Waals surface area contributed by atoms with Crippen LogP contribution in [0, 0.1) is 0 Å². The van der Waals surface area contributed by atoms with Gasteiger partial charge < -0.3 is 9.72 Å². The predicted octanol–water partition coefficient (Wildman–Crippen LogP) is 4.48. The number of rotatable bonds is 5. The van der Waals surface area contributed by atoms with Gasteiger partial charge in [0.05, 0.1) is 5.69 Å². The van der Waals surface area contributed by atoms with E-state index in [-0.39, 0.29) is 0 Å². The normalized spacial score (nSPS) is 11.9. The Morgan fingerprint density at radius 1 is 1.11 bits per heavy atom. The molecular formula is C21H17N3O3S. The van der Waals surface area contributed by atoms with E-state index in [1.165, 1.54) is 18.3 Å². The lowest BCUT2D eigenvalue weighted by molar-refractivity contribution is -0.123. The molecule has 4 aromatic rings. The molecule has 0 aliphatic rings. The lowest BCUT2D eigenvalue weighted by Crippen LogP contribution is -2.30. The maximum Gasteiger partial charge on any atom is 0.355 e. The minimum absolute atomic E-state index is 0.307. The van der Waals surface area contributed by atoms with Gasteiger partial charge in [-0.1, -0.05) is 48.5 Å². The Morgan fingerprint density at radius 2 is 1.86 bits per heavy atom. The average Bonchev–Trinajstić information content (AvgIpc) is 3.35. The van der Waals surface area contributed by atoms with Gasteiger partial charge in [0, 0.05) is 21.8 Å². The second-order valence-corrected chi connectivity index (χ2v) is 7.07. The minimum atomic E-state index is -0.956. The van der Waals surface area contributed by atoms with Crippen LogP contribution in [-0.4, -0.2) is 27.9 Å². The molecule has 0 saturated carbocycles. The fourth-order valence-electron chi connectivity index (χ4n) is 2.74. The third-order valence-corrected chi connectivity index (χ3v) is 4.96. The average molecular weight is 391 g/mol. The molecule has 2 heterocycles. The Morgan fingerprint density at radius 3 is 2.64 bits per heavy atom. The summed E-state index contributed by atoms with van der Waals surface area (Å²) in [6, 6.07) is 18.9. The zero-order chi connectivity index (χ0) is 19.5. The molecule has 4 rings (SSSR count). The molecule has 28 heavy (non-hydrogen) atoms. The number of esters is 1. The highest BCUT2D eigenvalue weighted by atomic mass is 32.1. The van der Waals surface area contributed by atoms with E-state index in [0.717, 1.165) is 22.2 Å². The summed E-state index contributed by atoms with van der Waals surface area (Å²) >= 11 is 1.32. The van der Waals surface area contributed by atoms with E-state index in [4.69, 9.17) is 4.74 Å². The number of hydrogen-bond acceptors (Lipinski definition) is 5. The molecule has 6 nitrogen and oxygen atoms in total. The van der Waals surface area contributed by atoms with Gasteiger partial charge in [0.15, 0.2) is 11.2 Å². The number of benzene rings is 2. The molecule has 2 aromatic heterocycles. The minimum Gasteiger partial charge on any atom is -0.448 e. The third-order valence-electron chi connectivity index (χ3n) is 4.21. The van der Waals surface area contributed by atoms with E-state index in [2.05, 4.69) is 15.3 Å². The number of hydrogen-bond donors (Lipinski definition) is 2. The van der Waals surface area contributed by atoms with Crippen LogP contribution in [0.25, 0.3) is 22.2 Å². The fourth-order valence-corrected chi connectivity index (χ4v) is 3.46. The molecule has 2 aromatic carbocycles. The maximum absolute atomic E-state index is 12.4. The van der Waals surface area contributed by atoms with Crippen molar-refractivity contribution in [2.24, 2.45) is 0 Å². The van der Waals surface area contributed by atoms with E-state index in [1.807, 2.05) is 60.0 Å². The number of carbonyl (C=O) groups excluding carboxylic acids is 2. The second-order valence-electron chi connectivity index (χ2n) is 6.21. The van der Waals surface area contributed by atoms with Gasteiger partial charge in [-0.05, 0) is 19.1 Å². The van der Waals surface area contributed by atoms with E-state index in [0.29, 0.717) is 10.8 Å². The number of nitrogens with zero attached hydrogens (tertiary/aromatic N) is 1. The van der Waals surface area contributed by atoms with Gasteiger partial charge in [0.1, 0.15) is 5.69 Å². The summed E-state index contributed by atoms with van der Waals surface area (Å²) in [6.07, 6.45) is -0.956. The Balaban J connectivity index is 1.39. The van der Waals surface area contributed by atoms with Crippen molar-refractivity contribution in [2.45, 2.75) is 13.0 Å². The highest BCUT2D eigenvalue weighted by Crippen LogP contribution is 2.24. The predicted molar refractivity (Wildman–Crippen MR) is 109 cm³/mol. The molecule has 7 heteroatoms. The van der Waals surface area contributed by atoms with Gasteiger partial charge in [0.25, 0.3) is 5.91 Å². The number of anilines is 1. The molecule has 0 aliphatic heterocycles. The van der Waals surface area contributed by atoms with Crippen molar-refractivity contribution < 1.29 is 14.3 Å². The molecule has 0 radical (unpaired) electrons. The summed E-state index contributed by atoms with van der Waals surface area (Å²) in [4.78, 5) is 32.1. The van der Waals surface area contributed by atoms with E-state index < -0.39 is 18.0 Å². The lowest BCUT2D eigenvalue weighted by Gasteiger charge is -2.11. The first-order valence-electron chi connectivity index (χ1n) is 8.71. The first kappa shape index (κ1) is 17.9. The standard InChI is InChI=1S/C21H17N3O3S/c1-13(27-20(26)17-11-15-9-5-6-10-16(15)22-17)19(25)24-21-23-18(12-28-21)14-7-3-2-4-8-14/h2-13,22H,1H3,(H,23,24,25)/t13-/m0/s1. The van der Waals surface area contributed by atoms with Crippen molar-refractivity contribution in [2.75, 3.05) is 5.32 Å². The highest BCUT2D eigenvalue weighted by molar-refractivity contribution is 7.14. The van der Waals surface area contributed by atoms with Crippen molar-refractivity contribution in [3.8, 4) is 11.3 Å². The molecule has 140 valence electrons. The summed E-state index contributed by atoms with van der Waals surface area (Å²) in [5.41, 5.74) is 2.89. The lowest BCUT2D eigenvalue weighted by atomic mass is 10.2. The summed E-state index contributed by atoms with van der Waals surface area (Å²) in [5.74, 6) is -1.01. The van der Waals surface area contributed by atoms with E-state index in [9.17, 15) is 9.59 Å². The van der Waals surface area contributed by atoms with Crippen LogP contribution < -0.4 is 5.32 Å². The van der Waals surface area contributed by atoms with Crippen molar-refractivity contribution in [1.29, 1.82) is 0 Å². The molecule has 0 spiro atoms. The fraction of sp³-hybridized carbons (Fsp3) is 0.0952. The van der Waals surface area contributed by atoms with Crippen LogP contribution in [0.15, 0.2) is 66.0 Å². The molecular weight excluding hydrogens is 374 g/mol. The smallest absolute Gasteiger partial charge is 0.355 e. The molecule has 0 saturated heterocycles. The van der Waals surface area contributed by atoms with Gasteiger partial charge in [-0.2, -0.15) is 0 Å². The van der Waals surface area contributed by atoms with Crippen LogP contribution in [0.3, 0.4) is 0 Å². The second kappa shape index (κ2) is 7.66. The van der Waals surface area contributed by atoms with Crippen LogP contribution in [0.2, 0.25) is 0 Å². The number of H-pyrrole nitrogens is 1. The quantitative estimate of drug-likeness (QED) is 0.492. The van der Waals surface area contributed by atoms with Crippen LogP contribution in [0.1, 0.15) is 17.4 Å². The summed E-state index contributed by atoms with van der Waals surface area (Å²) in [5, 5.41) is 5.92. The number of amides is 1. The first-order chi connectivity index (χ1) is 13.6. The van der Waals surface area contributed by atoms with E-state index >= 15 is 0 Å². The zero-order valence-electron chi connectivity index (χ0n) is 15.0. The molecule has 0 unspecified atom stereocenters. The van der Waals surface area contributed by atoms with Gasteiger partial charge in [0.2, 0.25) is 0 Å². The Bertz CT molecular complexity index is 1100. The number of thiazole rings is 1. The van der Waals surface area contributed by atoms with Crippen molar-refractivity contribution >= 4 is 39.2 Å². The Hall–Kier alpha value is -3.45. The van der Waals surface area contributed by atoms with Crippen molar-refractivity contribution in [1.82, 2.24) is 9.97 Å². The van der Waals surface area contributed by atoms with Gasteiger partial charge >= 0.3 is 5.97 Å². The Labute approximate surface area is 165 Å². The number of ether oxygens (including phenoxy) is 1. The topological polar surface area (TPSA) is 84.1 Å². The number of carbonyl (C=O) groups is 2. The number of aromatic nitrogens is 2. The van der Waals surface area contributed by atoms with E-state index in [1.54, 1.807) is 6.07 Å². The monoisotopic (exact) mass is 391 g/mol. The molecule has 0 fully saturated rings. The van der Waals surface area contributed by atoms with Crippen LogP contribution in [-0.2, 0) is 9.53 Å². The molecule has 1 amide bonds. The Kier molecular flexibility index (Phi) is 4.90. The van der Waals surface area contributed by atoms with Gasteiger partial charge in [-0.15, -0.1) is 11.3 Å². The van der Waals surface area contributed by atoms with Gasteiger partial charge in [-0.3, -0.25) is 10.1 Å². The summed E-state index contributed by atoms with van der Waals surface area (Å²) in [7, 11) is 0.